The first-order chi connectivity index (χ1) is 9.36. The van der Waals surface area contributed by atoms with Crippen LogP contribution in [0.15, 0.2) is 12.4 Å². The molecule has 2 rings (SSSR count). The molecule has 0 aromatic carbocycles. The molecule has 0 radical (unpaired) electrons. The second-order valence-electron chi connectivity index (χ2n) is 5.31. The summed E-state index contributed by atoms with van der Waals surface area (Å²) < 4.78 is 1.52. The molecule has 0 aliphatic rings. The summed E-state index contributed by atoms with van der Waals surface area (Å²) in [7, 11) is 0. The summed E-state index contributed by atoms with van der Waals surface area (Å²) in [6, 6.07) is 0. The van der Waals surface area contributed by atoms with Gasteiger partial charge in [0.2, 0.25) is 5.13 Å². The first-order valence-electron chi connectivity index (χ1n) is 6.11. The van der Waals surface area contributed by atoms with E-state index in [9.17, 15) is 10.1 Å². The van der Waals surface area contributed by atoms with Gasteiger partial charge in [-0.3, -0.25) is 14.8 Å². The Hall–Kier alpha value is -2.03. The van der Waals surface area contributed by atoms with E-state index < -0.39 is 4.92 Å². The van der Waals surface area contributed by atoms with Gasteiger partial charge in [0, 0.05) is 12.0 Å². The summed E-state index contributed by atoms with van der Waals surface area (Å²) in [5, 5.41) is 27.5. The molecule has 8 nitrogen and oxygen atoms in total. The van der Waals surface area contributed by atoms with Gasteiger partial charge in [-0.25, -0.2) is 0 Å². The average molecular weight is 296 g/mol. The highest BCUT2D eigenvalue weighted by molar-refractivity contribution is 7.15. The third kappa shape index (κ3) is 3.50. The lowest BCUT2D eigenvalue weighted by Crippen LogP contribution is -2.10. The van der Waals surface area contributed by atoms with Gasteiger partial charge >= 0.3 is 5.69 Å². The number of hydrogen-bond donors (Lipinski definition) is 1. The van der Waals surface area contributed by atoms with Crippen LogP contribution in [0.1, 0.15) is 25.8 Å². The third-order valence-electron chi connectivity index (χ3n) is 2.51. The molecule has 0 saturated heterocycles. The van der Waals surface area contributed by atoms with E-state index in [-0.39, 0.29) is 11.1 Å². The summed E-state index contributed by atoms with van der Waals surface area (Å²) in [5.41, 5.74) is -0.0175. The van der Waals surface area contributed by atoms with Crippen LogP contribution in [0.4, 0.5) is 10.8 Å². The fraction of sp³-hybridized carbons (Fsp3) is 0.545. The molecular weight excluding hydrogens is 280 g/mol. The lowest BCUT2D eigenvalue weighted by Gasteiger charge is -2.12. The van der Waals surface area contributed by atoms with Gasteiger partial charge in [0.1, 0.15) is 17.4 Å². The SMILES string of the molecule is CC(C)(C)c1nnc(NCCn2cc([N+](=O)[O-])cn2)s1. The molecule has 0 spiro atoms. The van der Waals surface area contributed by atoms with Crippen molar-refractivity contribution in [1.82, 2.24) is 20.0 Å². The van der Waals surface area contributed by atoms with Crippen LogP contribution in [0, 0.1) is 10.1 Å². The van der Waals surface area contributed by atoms with Crippen LogP contribution >= 0.6 is 11.3 Å². The maximum atomic E-state index is 10.5. The van der Waals surface area contributed by atoms with Gasteiger partial charge in [-0.1, -0.05) is 32.1 Å². The maximum absolute atomic E-state index is 10.5. The molecule has 2 aromatic rings. The Labute approximate surface area is 120 Å². The van der Waals surface area contributed by atoms with Gasteiger partial charge in [-0.15, -0.1) is 10.2 Å². The Balaban J connectivity index is 1.86. The van der Waals surface area contributed by atoms with Crippen molar-refractivity contribution in [1.29, 1.82) is 0 Å². The molecule has 0 amide bonds. The predicted molar refractivity (Wildman–Crippen MR) is 76.0 cm³/mol. The minimum Gasteiger partial charge on any atom is -0.358 e. The highest BCUT2D eigenvalue weighted by Crippen LogP contribution is 2.27. The van der Waals surface area contributed by atoms with Crippen molar-refractivity contribution in [3.05, 3.63) is 27.5 Å². The van der Waals surface area contributed by atoms with E-state index >= 15 is 0 Å². The van der Waals surface area contributed by atoms with Crippen LogP contribution in [-0.2, 0) is 12.0 Å². The van der Waals surface area contributed by atoms with Gasteiger partial charge in [-0.2, -0.15) is 5.10 Å². The van der Waals surface area contributed by atoms with E-state index in [0.29, 0.717) is 13.1 Å². The van der Waals surface area contributed by atoms with Crippen molar-refractivity contribution < 1.29 is 4.92 Å². The number of nitro groups is 1. The van der Waals surface area contributed by atoms with E-state index in [1.54, 1.807) is 0 Å². The smallest absolute Gasteiger partial charge is 0.306 e. The normalized spacial score (nSPS) is 11.6. The summed E-state index contributed by atoms with van der Waals surface area (Å²) >= 11 is 1.51. The van der Waals surface area contributed by atoms with E-state index in [0.717, 1.165) is 10.1 Å². The molecule has 0 aliphatic heterocycles. The zero-order chi connectivity index (χ0) is 14.8. The largest absolute Gasteiger partial charge is 0.358 e. The molecule has 108 valence electrons. The van der Waals surface area contributed by atoms with Crippen molar-refractivity contribution >= 4 is 22.2 Å². The fourth-order valence-corrected chi connectivity index (χ4v) is 2.27. The molecule has 2 aromatic heterocycles. The number of nitrogens with zero attached hydrogens (tertiary/aromatic N) is 5. The molecule has 0 fully saturated rings. The average Bonchev–Trinajstić information content (AvgIpc) is 2.96. The van der Waals surface area contributed by atoms with Gasteiger partial charge < -0.3 is 5.32 Å². The number of rotatable bonds is 5. The van der Waals surface area contributed by atoms with Crippen LogP contribution in [0.3, 0.4) is 0 Å². The monoisotopic (exact) mass is 296 g/mol. The Morgan fingerprint density at radius 2 is 2.20 bits per heavy atom. The van der Waals surface area contributed by atoms with Crippen LogP contribution in [0.25, 0.3) is 0 Å². The van der Waals surface area contributed by atoms with E-state index in [1.165, 1.54) is 28.4 Å². The number of nitrogens with one attached hydrogen (secondary N) is 1. The second kappa shape index (κ2) is 5.53. The summed E-state index contributed by atoms with van der Waals surface area (Å²) in [4.78, 5) is 10.1. The van der Waals surface area contributed by atoms with Crippen molar-refractivity contribution in [2.45, 2.75) is 32.7 Å². The molecule has 0 aliphatic carbocycles. The van der Waals surface area contributed by atoms with Crippen molar-refractivity contribution in [3.63, 3.8) is 0 Å². The minimum atomic E-state index is -0.461. The zero-order valence-electron chi connectivity index (χ0n) is 11.5. The predicted octanol–water partition coefficient (Wildman–Crippen LogP) is 2.05. The van der Waals surface area contributed by atoms with Crippen molar-refractivity contribution in [2.24, 2.45) is 0 Å². The van der Waals surface area contributed by atoms with E-state index in [2.05, 4.69) is 41.4 Å². The van der Waals surface area contributed by atoms with Crippen molar-refractivity contribution in [2.75, 3.05) is 11.9 Å². The van der Waals surface area contributed by atoms with E-state index in [4.69, 9.17) is 0 Å². The van der Waals surface area contributed by atoms with Crippen LogP contribution < -0.4 is 5.32 Å². The molecule has 20 heavy (non-hydrogen) atoms. The Morgan fingerprint density at radius 3 is 2.75 bits per heavy atom. The Kier molecular flexibility index (Phi) is 3.98. The number of anilines is 1. The fourth-order valence-electron chi connectivity index (χ4n) is 1.44. The standard InChI is InChI=1S/C11H16N6O2S/c1-11(2,3)9-14-15-10(20-9)12-4-5-16-7-8(6-13-16)17(18)19/h6-7H,4-5H2,1-3H3,(H,12,15). The van der Waals surface area contributed by atoms with Crippen LogP contribution in [-0.4, -0.2) is 31.4 Å². The molecule has 0 atom stereocenters. The highest BCUT2D eigenvalue weighted by Gasteiger charge is 2.19. The second-order valence-corrected chi connectivity index (χ2v) is 6.29. The van der Waals surface area contributed by atoms with Crippen molar-refractivity contribution in [3.8, 4) is 0 Å². The first-order valence-corrected chi connectivity index (χ1v) is 6.92. The molecule has 9 heteroatoms. The molecule has 0 unspecified atom stereocenters. The number of hydrogen-bond acceptors (Lipinski definition) is 7. The van der Waals surface area contributed by atoms with Gasteiger partial charge in [0.15, 0.2) is 0 Å². The van der Waals surface area contributed by atoms with Gasteiger partial charge in [0.25, 0.3) is 0 Å². The molecule has 1 N–H and O–H groups in total. The third-order valence-corrected chi connectivity index (χ3v) is 3.82. The lowest BCUT2D eigenvalue weighted by atomic mass is 9.98. The molecular formula is C11H16N6O2S. The molecule has 0 bridgehead atoms. The Bertz CT molecular complexity index is 600. The van der Waals surface area contributed by atoms with Crippen LogP contribution in [0.2, 0.25) is 0 Å². The lowest BCUT2D eigenvalue weighted by molar-refractivity contribution is -0.385. The highest BCUT2D eigenvalue weighted by atomic mass is 32.1. The summed E-state index contributed by atoms with van der Waals surface area (Å²) in [6.07, 6.45) is 2.64. The Morgan fingerprint density at radius 1 is 1.45 bits per heavy atom. The zero-order valence-corrected chi connectivity index (χ0v) is 12.3. The summed E-state index contributed by atoms with van der Waals surface area (Å²) in [5.74, 6) is 0. The topological polar surface area (TPSA) is 98.8 Å². The minimum absolute atomic E-state index is 0.00376. The molecule has 2 heterocycles. The first kappa shape index (κ1) is 14.4. The number of aromatic nitrogens is 4. The summed E-state index contributed by atoms with van der Waals surface area (Å²) in [6.45, 7) is 7.36. The maximum Gasteiger partial charge on any atom is 0.306 e. The van der Waals surface area contributed by atoms with Crippen LogP contribution in [0.5, 0.6) is 0 Å². The molecule has 0 saturated carbocycles. The van der Waals surface area contributed by atoms with Gasteiger partial charge in [-0.05, 0) is 0 Å². The quantitative estimate of drug-likeness (QED) is 0.669. The van der Waals surface area contributed by atoms with Gasteiger partial charge in [0.05, 0.1) is 11.5 Å². The van der Waals surface area contributed by atoms with E-state index in [1.807, 2.05) is 0 Å².